The van der Waals surface area contributed by atoms with Crippen LogP contribution in [0.4, 0.5) is 0 Å². The molecule has 5 rings (SSSR count). The second-order valence-electron chi connectivity index (χ2n) is 5.55. The zero-order chi connectivity index (χ0) is 20.8. The summed E-state index contributed by atoms with van der Waals surface area (Å²) < 4.78 is 0. The molecule has 0 aromatic heterocycles. The summed E-state index contributed by atoms with van der Waals surface area (Å²) in [6.07, 6.45) is 1.05. The van der Waals surface area contributed by atoms with Crippen molar-refractivity contribution < 1.29 is 30.2 Å². The number of benzene rings is 3. The number of rotatable bonds is 0. The van der Waals surface area contributed by atoms with E-state index in [0.29, 0.717) is 0 Å². The molecule has 0 unspecified atom stereocenters. The monoisotopic (exact) mass is 404 g/mol. The van der Waals surface area contributed by atoms with Gasteiger partial charge in [0.2, 0.25) is 0 Å². The Hall–Kier alpha value is -2.23. The molecule has 0 saturated heterocycles. The van der Waals surface area contributed by atoms with E-state index in [4.69, 9.17) is 10.2 Å². The van der Waals surface area contributed by atoms with Gasteiger partial charge in [-0.25, -0.2) is 0 Å². The largest absolute Gasteiger partial charge is 0.179 e. The van der Waals surface area contributed by atoms with Crippen molar-refractivity contribution >= 4 is 15.6 Å². The van der Waals surface area contributed by atoms with E-state index in [-0.39, 0.29) is 0 Å². The molecule has 0 atom stereocenters. The number of hydrogen-bond donors (Lipinski definition) is 0. The predicted molar refractivity (Wildman–Crippen MR) is 112 cm³/mol. The standard InChI is InChI=1S/C13H9.C9H7.2CH3O.CH2.Ti/c1-3-7-12-10(5-1)9-11-6-2-4-8-13(11)12;1-2-5-9-7-3-6-8(9)4-1;2*1-2;;/h1-5,7-8H,9H2;1-7H;2*1H3;1H2;/q4*-1;;+2. The van der Waals surface area contributed by atoms with Gasteiger partial charge >= 0.3 is 24.8 Å². The second kappa shape index (κ2) is 13.9. The Labute approximate surface area is 179 Å². The van der Waals surface area contributed by atoms with Gasteiger partial charge in [-0.15, -0.1) is 35.2 Å². The molecule has 28 heavy (non-hydrogen) atoms. The van der Waals surface area contributed by atoms with Crippen molar-refractivity contribution in [1.82, 2.24) is 0 Å². The second-order valence-corrected chi connectivity index (χ2v) is 5.55. The van der Waals surface area contributed by atoms with E-state index < -0.39 is 0 Å². The van der Waals surface area contributed by atoms with E-state index in [9.17, 15) is 0 Å². The molecule has 0 bridgehead atoms. The van der Waals surface area contributed by atoms with Gasteiger partial charge in [-0.1, -0.05) is 41.5 Å². The van der Waals surface area contributed by atoms with Crippen molar-refractivity contribution in [3.63, 3.8) is 0 Å². The van der Waals surface area contributed by atoms with Crippen molar-refractivity contribution in [2.24, 2.45) is 0 Å². The molecular formula is C25H24O2Ti-2. The maximum atomic E-state index is 8.25. The van der Waals surface area contributed by atoms with Crippen LogP contribution >= 0.6 is 0 Å². The van der Waals surface area contributed by atoms with Crippen LogP contribution in [-0.4, -0.2) is 19.0 Å². The van der Waals surface area contributed by atoms with E-state index in [1.54, 1.807) is 20.0 Å². The Morgan fingerprint density at radius 3 is 2.21 bits per heavy atom. The van der Waals surface area contributed by atoms with Crippen molar-refractivity contribution in [2.45, 2.75) is 6.42 Å². The average molecular weight is 404 g/mol. The first-order chi connectivity index (χ1) is 13.9. The van der Waals surface area contributed by atoms with Crippen molar-refractivity contribution in [3.8, 4) is 11.1 Å². The van der Waals surface area contributed by atoms with Crippen LogP contribution in [0.25, 0.3) is 21.9 Å². The van der Waals surface area contributed by atoms with E-state index in [2.05, 4.69) is 89.7 Å². The van der Waals surface area contributed by atoms with E-state index in [1.807, 2.05) is 6.07 Å². The summed E-state index contributed by atoms with van der Waals surface area (Å²) in [5, 5.41) is 19.2. The van der Waals surface area contributed by atoms with Gasteiger partial charge in [-0.3, -0.25) is 0 Å². The molecule has 0 radical (unpaired) electrons. The normalized spacial score (nSPS) is 9.64. The molecule has 0 heterocycles. The van der Waals surface area contributed by atoms with Crippen molar-refractivity contribution in [2.75, 3.05) is 14.2 Å². The molecule has 142 valence electrons. The van der Waals surface area contributed by atoms with Crippen molar-refractivity contribution in [1.29, 1.82) is 0 Å². The summed E-state index contributed by atoms with van der Waals surface area (Å²) >= 11 is 1.75. The average Bonchev–Trinajstić information content (AvgIpc) is 3.43. The summed E-state index contributed by atoms with van der Waals surface area (Å²) in [6, 6.07) is 32.8. The molecule has 4 aromatic rings. The first-order valence-corrected chi connectivity index (χ1v) is 9.87. The van der Waals surface area contributed by atoms with Gasteiger partial charge in [0.15, 0.2) is 0 Å². The third-order valence-corrected chi connectivity index (χ3v) is 4.16. The molecule has 0 fully saturated rings. The molecule has 0 saturated carbocycles. The minimum absolute atomic E-state index is 0.750. The fourth-order valence-corrected chi connectivity index (χ4v) is 3.07. The topological polar surface area (TPSA) is 46.1 Å². The minimum Gasteiger partial charge on any atom is -0.179 e. The molecule has 1 aliphatic rings. The molecule has 1 aliphatic carbocycles. The van der Waals surface area contributed by atoms with Crippen LogP contribution in [0.1, 0.15) is 11.1 Å². The van der Waals surface area contributed by atoms with Crippen LogP contribution in [-0.2, 0) is 26.4 Å². The molecule has 0 spiro atoms. The molecular weight excluding hydrogens is 380 g/mol. The summed E-state index contributed by atoms with van der Waals surface area (Å²) in [5.74, 6) is 0. The third kappa shape index (κ3) is 6.15. The quantitative estimate of drug-likeness (QED) is 0.293. The maximum Gasteiger partial charge on any atom is -0.0253 e. The smallest absolute Gasteiger partial charge is 0.0253 e. The zero-order valence-electron chi connectivity index (χ0n) is 16.3. The van der Waals surface area contributed by atoms with E-state index >= 15 is 0 Å². The van der Waals surface area contributed by atoms with Gasteiger partial charge in [0.25, 0.3) is 0 Å². The Kier molecular flexibility index (Phi) is 11.8. The van der Waals surface area contributed by atoms with Gasteiger partial charge in [0.05, 0.1) is 0 Å². The fourth-order valence-electron chi connectivity index (χ4n) is 3.07. The summed E-state index contributed by atoms with van der Waals surface area (Å²) in [7, 11) is 1.50. The van der Waals surface area contributed by atoms with Crippen LogP contribution in [0.15, 0.2) is 84.9 Å². The van der Waals surface area contributed by atoms with Gasteiger partial charge in [0.1, 0.15) is 0 Å². The van der Waals surface area contributed by atoms with Crippen LogP contribution in [0.2, 0.25) is 0 Å². The van der Waals surface area contributed by atoms with Gasteiger partial charge < -0.3 is 10.2 Å². The predicted octanol–water partition coefficient (Wildman–Crippen LogP) is 3.53. The molecule has 0 amide bonds. The van der Waals surface area contributed by atoms with Gasteiger partial charge in [0, 0.05) is 0 Å². The molecule has 2 nitrogen and oxygen atoms in total. The summed E-state index contributed by atoms with van der Waals surface area (Å²) in [4.78, 5) is 3.25. The zero-order valence-corrected chi connectivity index (χ0v) is 17.9. The van der Waals surface area contributed by atoms with E-state index in [0.717, 1.165) is 20.6 Å². The van der Waals surface area contributed by atoms with Gasteiger partial charge in [-0.05, 0) is 6.42 Å². The SMILES string of the molecule is C[O-].C[O-].[CH2]=[Ti+2].[c-]1cccc2c1Cc1ccccc1-2.c1ccc2[cH-]ccc2c1. The Balaban J connectivity index is 0.000000230. The molecule has 0 aliphatic heterocycles. The van der Waals surface area contributed by atoms with Gasteiger partial charge in [-0.2, -0.15) is 61.6 Å². The van der Waals surface area contributed by atoms with Crippen LogP contribution < -0.4 is 10.2 Å². The first kappa shape index (κ1) is 23.8. The first-order valence-electron chi connectivity index (χ1n) is 8.77. The number of fused-ring (bicyclic) bond motifs is 4. The molecule has 0 N–H and O–H groups in total. The fraction of sp³-hybridized carbons (Fsp3) is 0.120. The maximum absolute atomic E-state index is 8.25. The molecule has 4 aromatic carbocycles. The molecule has 3 heteroatoms. The third-order valence-electron chi connectivity index (χ3n) is 4.16. The number of hydrogen-bond acceptors (Lipinski definition) is 2. The summed E-state index contributed by atoms with van der Waals surface area (Å²) in [6.45, 7) is 0. The Bertz CT molecular complexity index is 870. The van der Waals surface area contributed by atoms with Crippen molar-refractivity contribution in [3.05, 3.63) is 102 Å². The minimum atomic E-state index is 0.750. The van der Waals surface area contributed by atoms with Crippen LogP contribution in [0.3, 0.4) is 0 Å². The van der Waals surface area contributed by atoms with E-state index in [1.165, 1.54) is 33.0 Å². The van der Waals surface area contributed by atoms with Crippen LogP contribution in [0, 0.1) is 6.07 Å². The summed E-state index contributed by atoms with van der Waals surface area (Å²) in [5.41, 5.74) is 5.51. The Morgan fingerprint density at radius 1 is 0.821 bits per heavy atom. The van der Waals surface area contributed by atoms with Crippen LogP contribution in [0.5, 0.6) is 0 Å². The Morgan fingerprint density at radius 2 is 1.46 bits per heavy atom.